The predicted octanol–water partition coefficient (Wildman–Crippen LogP) is 0.683. The molecule has 0 aromatic carbocycles. The molecule has 0 unspecified atom stereocenters. The quantitative estimate of drug-likeness (QED) is 0.354. The molecule has 23 heavy (non-hydrogen) atoms. The summed E-state index contributed by atoms with van der Waals surface area (Å²) < 4.78 is 25.9. The van der Waals surface area contributed by atoms with Gasteiger partial charge in [-0.3, -0.25) is 14.5 Å². The Morgan fingerprint density at radius 3 is 1.65 bits per heavy atom. The molecule has 0 aromatic rings. The summed E-state index contributed by atoms with van der Waals surface area (Å²) in [5.74, 6) is -0.740. The largest absolute Gasteiger partial charge is 0.500 e. The van der Waals surface area contributed by atoms with Gasteiger partial charge in [0.2, 0.25) is 0 Å². The zero-order valence-corrected chi connectivity index (χ0v) is 15.8. The summed E-state index contributed by atoms with van der Waals surface area (Å²) in [6.45, 7) is 4.66. The molecule has 0 bridgehead atoms. The molecule has 0 heterocycles. The van der Waals surface area contributed by atoms with E-state index in [0.717, 1.165) is 0 Å². The van der Waals surface area contributed by atoms with E-state index in [1.54, 1.807) is 40.1 Å². The van der Waals surface area contributed by atoms with Gasteiger partial charge in [-0.25, -0.2) is 0 Å². The second-order valence-corrected chi connectivity index (χ2v) is 7.81. The van der Waals surface area contributed by atoms with Crippen molar-refractivity contribution in [1.29, 1.82) is 0 Å². The number of nitrogens with zero attached hydrogens (tertiary/aromatic N) is 1. The van der Waals surface area contributed by atoms with Crippen molar-refractivity contribution in [3.63, 3.8) is 0 Å². The third-order valence-electron chi connectivity index (χ3n) is 3.21. The van der Waals surface area contributed by atoms with Gasteiger partial charge in [-0.1, -0.05) is 0 Å². The van der Waals surface area contributed by atoms with Crippen LogP contribution in [0.15, 0.2) is 0 Å². The minimum Gasteiger partial charge on any atom is -0.465 e. The molecule has 8 nitrogen and oxygen atoms in total. The second-order valence-electron chi connectivity index (χ2n) is 4.72. The summed E-state index contributed by atoms with van der Waals surface area (Å²) in [5, 5.41) is 0. The SMILES string of the molecule is CCOC(=O)CN(CCC[Si](OC)(OC)OC)CC(=O)OCC. The van der Waals surface area contributed by atoms with Crippen LogP contribution in [0.5, 0.6) is 0 Å². The Morgan fingerprint density at radius 1 is 0.870 bits per heavy atom. The lowest BCUT2D eigenvalue weighted by Crippen LogP contribution is -2.44. The summed E-state index contributed by atoms with van der Waals surface area (Å²) in [5.41, 5.74) is 0. The van der Waals surface area contributed by atoms with Crippen LogP contribution in [0.4, 0.5) is 0 Å². The average Bonchev–Trinajstić information content (AvgIpc) is 2.52. The van der Waals surface area contributed by atoms with Crippen LogP contribution in [0.2, 0.25) is 6.04 Å². The van der Waals surface area contributed by atoms with Gasteiger partial charge >= 0.3 is 20.7 Å². The molecular formula is C14H29NO7Si. The maximum Gasteiger partial charge on any atom is 0.500 e. The van der Waals surface area contributed by atoms with Gasteiger partial charge in [0.05, 0.1) is 26.3 Å². The smallest absolute Gasteiger partial charge is 0.465 e. The molecule has 0 rings (SSSR count). The molecule has 0 saturated carbocycles. The first kappa shape index (κ1) is 22.0. The topological polar surface area (TPSA) is 83.5 Å². The van der Waals surface area contributed by atoms with Crippen molar-refractivity contribution in [2.75, 3.05) is 54.2 Å². The van der Waals surface area contributed by atoms with E-state index in [1.807, 2.05) is 0 Å². The Hall–Kier alpha value is -1.00. The van der Waals surface area contributed by atoms with Crippen LogP contribution in [-0.4, -0.2) is 79.8 Å². The summed E-state index contributed by atoms with van der Waals surface area (Å²) in [6, 6.07) is 0.582. The Labute approximate surface area is 139 Å². The van der Waals surface area contributed by atoms with Crippen molar-refractivity contribution in [2.45, 2.75) is 26.3 Å². The minimum atomic E-state index is -2.65. The standard InChI is InChI=1S/C14H29NO7Si/c1-6-21-13(16)11-15(12-14(17)22-7-2)9-8-10-23(18-3,19-4)20-5/h6-12H2,1-5H3. The number of rotatable bonds is 13. The lowest BCUT2D eigenvalue weighted by atomic mass is 10.4. The molecule has 0 amide bonds. The molecule has 0 saturated heterocycles. The molecule has 136 valence electrons. The van der Waals surface area contributed by atoms with Gasteiger partial charge in [0.1, 0.15) is 0 Å². The van der Waals surface area contributed by atoms with E-state index in [1.165, 1.54) is 0 Å². The first-order chi connectivity index (χ1) is 11.0. The van der Waals surface area contributed by atoms with Crippen LogP contribution >= 0.6 is 0 Å². The van der Waals surface area contributed by atoms with Gasteiger partial charge in [0.15, 0.2) is 0 Å². The Kier molecular flexibility index (Phi) is 11.9. The average molecular weight is 351 g/mol. The summed E-state index contributed by atoms with van der Waals surface area (Å²) in [6.07, 6.45) is 0.653. The number of carbonyl (C=O) groups is 2. The van der Waals surface area contributed by atoms with E-state index in [-0.39, 0.29) is 25.0 Å². The number of hydrogen-bond donors (Lipinski definition) is 0. The van der Waals surface area contributed by atoms with Crippen molar-refractivity contribution in [3.8, 4) is 0 Å². The third-order valence-corrected chi connectivity index (χ3v) is 6.04. The van der Waals surface area contributed by atoms with Crippen molar-refractivity contribution in [1.82, 2.24) is 4.90 Å². The predicted molar refractivity (Wildman–Crippen MR) is 85.9 cm³/mol. The van der Waals surface area contributed by atoms with Gasteiger partial charge < -0.3 is 22.8 Å². The van der Waals surface area contributed by atoms with Crippen LogP contribution in [0, 0.1) is 0 Å². The Balaban J connectivity index is 4.55. The maximum atomic E-state index is 11.6. The van der Waals surface area contributed by atoms with Crippen LogP contribution in [0.25, 0.3) is 0 Å². The van der Waals surface area contributed by atoms with Crippen LogP contribution in [0.3, 0.4) is 0 Å². The lowest BCUT2D eigenvalue weighted by molar-refractivity contribution is -0.148. The summed E-state index contributed by atoms with van der Waals surface area (Å²) in [4.78, 5) is 25.0. The first-order valence-electron chi connectivity index (χ1n) is 7.65. The minimum absolute atomic E-state index is 0.0359. The first-order valence-corrected chi connectivity index (χ1v) is 9.59. The Morgan fingerprint density at radius 2 is 1.30 bits per heavy atom. The number of hydrogen-bond acceptors (Lipinski definition) is 8. The van der Waals surface area contributed by atoms with Crippen molar-refractivity contribution in [3.05, 3.63) is 0 Å². The molecule has 0 aromatic heterocycles. The van der Waals surface area contributed by atoms with E-state index in [0.29, 0.717) is 32.2 Å². The van der Waals surface area contributed by atoms with Gasteiger partial charge in [0.25, 0.3) is 0 Å². The fourth-order valence-corrected chi connectivity index (χ4v) is 3.77. The Bertz CT molecular complexity index is 322. The van der Waals surface area contributed by atoms with E-state index in [9.17, 15) is 9.59 Å². The molecule has 0 aliphatic carbocycles. The number of ether oxygens (including phenoxy) is 2. The van der Waals surface area contributed by atoms with E-state index in [4.69, 9.17) is 22.8 Å². The van der Waals surface area contributed by atoms with Gasteiger partial charge in [-0.05, 0) is 26.8 Å². The zero-order chi connectivity index (χ0) is 17.7. The summed E-state index contributed by atoms with van der Waals surface area (Å²) >= 11 is 0. The van der Waals surface area contributed by atoms with Gasteiger partial charge in [-0.2, -0.15) is 0 Å². The highest BCUT2D eigenvalue weighted by Crippen LogP contribution is 2.15. The molecule has 9 heteroatoms. The van der Waals surface area contributed by atoms with Crippen LogP contribution in [-0.2, 0) is 32.3 Å². The highest BCUT2D eigenvalue weighted by atomic mass is 28.4. The molecule has 0 aliphatic rings. The van der Waals surface area contributed by atoms with Crippen LogP contribution in [0.1, 0.15) is 20.3 Å². The highest BCUT2D eigenvalue weighted by Gasteiger charge is 2.37. The number of carbonyl (C=O) groups excluding carboxylic acids is 2. The molecule has 0 fully saturated rings. The summed E-state index contributed by atoms with van der Waals surface area (Å²) in [7, 11) is 2.00. The van der Waals surface area contributed by atoms with Gasteiger partial charge in [-0.15, -0.1) is 0 Å². The van der Waals surface area contributed by atoms with Gasteiger partial charge in [0, 0.05) is 27.4 Å². The number of esters is 2. The third kappa shape index (κ3) is 9.01. The van der Waals surface area contributed by atoms with Crippen molar-refractivity contribution >= 4 is 20.7 Å². The molecule has 0 spiro atoms. The molecule has 0 aliphatic heterocycles. The highest BCUT2D eigenvalue weighted by molar-refractivity contribution is 6.60. The zero-order valence-electron chi connectivity index (χ0n) is 14.8. The molecule has 0 N–H and O–H groups in total. The van der Waals surface area contributed by atoms with E-state index in [2.05, 4.69) is 0 Å². The molecule has 0 radical (unpaired) electrons. The van der Waals surface area contributed by atoms with Crippen molar-refractivity contribution in [2.24, 2.45) is 0 Å². The van der Waals surface area contributed by atoms with E-state index < -0.39 is 8.80 Å². The fourth-order valence-electron chi connectivity index (χ4n) is 2.07. The van der Waals surface area contributed by atoms with Crippen molar-refractivity contribution < 1.29 is 32.3 Å². The molecule has 0 atom stereocenters. The molecular weight excluding hydrogens is 322 g/mol. The lowest BCUT2D eigenvalue weighted by Gasteiger charge is -2.26. The normalized spacial score (nSPS) is 11.6. The second kappa shape index (κ2) is 12.4. The maximum absolute atomic E-state index is 11.6. The van der Waals surface area contributed by atoms with E-state index >= 15 is 0 Å². The fraction of sp³-hybridized carbons (Fsp3) is 0.857. The van der Waals surface area contributed by atoms with Crippen LogP contribution < -0.4 is 0 Å². The monoisotopic (exact) mass is 351 g/mol.